The molecular formula is C30H45N3Na2O10P2. The SMILES string of the molecule is CC.CC(C)Cc1ccc(CC(=O)OCC(=O)N/N=C/c2cccc(OCCCN(C)CCC(O)(P([O-])O)P(=O)([O-])O)c2)cc1.[Na+].[Na+]. The third-order valence-corrected chi connectivity index (χ3v) is 9.42. The third-order valence-electron chi connectivity index (χ3n) is 6.18. The Kier molecular flexibility index (Phi) is 26.0. The van der Waals surface area contributed by atoms with E-state index >= 15 is 0 Å². The molecule has 0 aliphatic carbocycles. The van der Waals surface area contributed by atoms with E-state index in [-0.39, 0.29) is 78.7 Å². The summed E-state index contributed by atoms with van der Waals surface area (Å²) in [7, 11) is -7.39. The number of nitrogens with zero attached hydrogens (tertiary/aromatic N) is 2. The van der Waals surface area contributed by atoms with Crippen molar-refractivity contribution < 1.29 is 107 Å². The summed E-state index contributed by atoms with van der Waals surface area (Å²) in [6.07, 6.45) is 2.29. The molecule has 0 spiro atoms. The van der Waals surface area contributed by atoms with E-state index in [4.69, 9.17) is 19.3 Å². The van der Waals surface area contributed by atoms with E-state index in [0.717, 1.165) is 12.0 Å². The maximum atomic E-state index is 12.1. The Morgan fingerprint density at radius 2 is 1.74 bits per heavy atom. The first-order valence-corrected chi connectivity index (χ1v) is 17.4. The molecule has 252 valence electrons. The molecule has 0 aliphatic rings. The van der Waals surface area contributed by atoms with Crippen molar-refractivity contribution in [1.82, 2.24) is 10.3 Å². The van der Waals surface area contributed by atoms with Crippen LogP contribution in [0.3, 0.4) is 0 Å². The average Bonchev–Trinajstić information content (AvgIpc) is 2.98. The van der Waals surface area contributed by atoms with Gasteiger partial charge in [-0.3, -0.25) is 9.59 Å². The Balaban J connectivity index is 0. The van der Waals surface area contributed by atoms with Crippen LogP contribution in [0.5, 0.6) is 5.75 Å². The second-order valence-electron chi connectivity index (χ2n) is 10.4. The number of rotatable bonds is 18. The van der Waals surface area contributed by atoms with Crippen LogP contribution in [0, 0.1) is 5.92 Å². The molecule has 0 aromatic heterocycles. The normalized spacial score (nSPS) is 14.0. The van der Waals surface area contributed by atoms with Crippen molar-refractivity contribution in [2.45, 2.75) is 58.5 Å². The predicted octanol–water partition coefficient (Wildman–Crippen LogP) is -3.90. The predicted molar refractivity (Wildman–Crippen MR) is 169 cm³/mol. The minimum Gasteiger partial charge on any atom is -0.806 e. The molecule has 3 atom stereocenters. The second kappa shape index (κ2) is 25.3. The van der Waals surface area contributed by atoms with Gasteiger partial charge in [0.15, 0.2) is 19.3 Å². The number of amides is 1. The van der Waals surface area contributed by atoms with Crippen LogP contribution < -0.4 is 79.1 Å². The standard InChI is InChI=1S/C28H40N3O10P2.C2H6.2Na/c1-21(2)16-22-8-10-23(11-9-22)18-27(33)41-20-26(32)30-29-19-24-6-4-7-25(17-24)40-15-5-13-31(3)14-12-28(34,42(35)36)43(37,38)39;1-2;;/h4,6-11,17,19,21,34-35H,5,12-16,18,20H2,1-3H3,(H,30,32)(H2,37,38,39);1-2H3;;/q-1;;2*+1/p-1/b29-19+;;;. The van der Waals surface area contributed by atoms with Gasteiger partial charge in [-0.05, 0) is 63.0 Å². The Bertz CT molecular complexity index is 1270. The fraction of sp³-hybridized carbons (Fsp3) is 0.500. The molecule has 0 bridgehead atoms. The monoisotopic (exact) mass is 715 g/mol. The first kappa shape index (κ1) is 48.4. The molecule has 47 heavy (non-hydrogen) atoms. The molecule has 0 aliphatic heterocycles. The molecule has 13 nitrogen and oxygen atoms in total. The number of benzene rings is 2. The summed E-state index contributed by atoms with van der Waals surface area (Å²) in [6, 6.07) is 14.6. The maximum absolute atomic E-state index is 12.1. The number of nitrogens with one attached hydrogen (secondary N) is 1. The molecule has 0 radical (unpaired) electrons. The van der Waals surface area contributed by atoms with Gasteiger partial charge in [-0.15, -0.1) is 0 Å². The van der Waals surface area contributed by atoms with Crippen LogP contribution in [0.25, 0.3) is 0 Å². The summed E-state index contributed by atoms with van der Waals surface area (Å²) in [5.41, 5.74) is 4.93. The van der Waals surface area contributed by atoms with Gasteiger partial charge in [-0.2, -0.15) is 5.10 Å². The number of carbonyl (C=O) groups is 2. The molecule has 0 saturated heterocycles. The fourth-order valence-electron chi connectivity index (χ4n) is 3.85. The van der Waals surface area contributed by atoms with Gasteiger partial charge >= 0.3 is 65.1 Å². The van der Waals surface area contributed by atoms with Crippen LogP contribution in [0.15, 0.2) is 53.6 Å². The summed E-state index contributed by atoms with van der Waals surface area (Å²) in [6.45, 7) is 8.45. The number of ether oxygens (including phenoxy) is 2. The molecule has 2 aromatic rings. The van der Waals surface area contributed by atoms with Crippen LogP contribution in [-0.4, -0.2) is 76.3 Å². The zero-order valence-corrected chi connectivity index (χ0v) is 34.2. The largest absolute Gasteiger partial charge is 1.00 e. The maximum Gasteiger partial charge on any atom is 1.00 e. The van der Waals surface area contributed by atoms with Crippen molar-refractivity contribution in [3.05, 3.63) is 65.2 Å². The van der Waals surface area contributed by atoms with Crippen molar-refractivity contribution in [3.63, 3.8) is 0 Å². The number of carbonyl (C=O) groups excluding carboxylic acids is 2. The van der Waals surface area contributed by atoms with Crippen molar-refractivity contribution >= 4 is 34.1 Å². The molecule has 0 saturated carbocycles. The van der Waals surface area contributed by atoms with E-state index in [2.05, 4.69) is 24.4 Å². The summed E-state index contributed by atoms with van der Waals surface area (Å²) >= 11 is 0. The van der Waals surface area contributed by atoms with Gasteiger partial charge in [0.2, 0.25) is 0 Å². The molecule has 0 heterocycles. The van der Waals surface area contributed by atoms with Crippen LogP contribution in [0.4, 0.5) is 0 Å². The van der Waals surface area contributed by atoms with Crippen molar-refractivity contribution in [1.29, 1.82) is 0 Å². The van der Waals surface area contributed by atoms with E-state index in [1.165, 1.54) is 11.8 Å². The van der Waals surface area contributed by atoms with E-state index in [0.29, 0.717) is 30.2 Å². The Morgan fingerprint density at radius 3 is 2.32 bits per heavy atom. The number of hydrogen-bond donors (Lipinski definition) is 4. The van der Waals surface area contributed by atoms with Gasteiger partial charge in [-0.1, -0.05) is 64.1 Å². The minimum atomic E-state index is -5.45. The molecule has 3 unspecified atom stereocenters. The van der Waals surface area contributed by atoms with E-state index in [1.807, 2.05) is 38.1 Å². The van der Waals surface area contributed by atoms with E-state index in [1.54, 1.807) is 36.2 Å². The number of aliphatic hydroxyl groups is 1. The fourth-order valence-corrected chi connectivity index (χ4v) is 5.38. The van der Waals surface area contributed by atoms with Gasteiger partial charge in [0.05, 0.1) is 19.2 Å². The van der Waals surface area contributed by atoms with Crippen molar-refractivity contribution in [3.8, 4) is 5.75 Å². The molecule has 1 amide bonds. The quantitative estimate of drug-likeness (QED) is 0.0294. The van der Waals surface area contributed by atoms with Gasteiger partial charge in [0, 0.05) is 19.5 Å². The minimum absolute atomic E-state index is 0. The van der Waals surface area contributed by atoms with E-state index in [9.17, 15) is 29.0 Å². The van der Waals surface area contributed by atoms with Crippen LogP contribution in [0.1, 0.15) is 57.2 Å². The first-order valence-electron chi connectivity index (χ1n) is 14.6. The topological polar surface area (TPSA) is 204 Å². The third kappa shape index (κ3) is 19.3. The van der Waals surface area contributed by atoms with E-state index < -0.39 is 46.0 Å². The van der Waals surface area contributed by atoms with Crippen molar-refractivity contribution in [2.75, 3.05) is 33.4 Å². The van der Waals surface area contributed by atoms with Gasteiger partial charge in [0.25, 0.3) is 5.91 Å². The number of hydrazone groups is 1. The molecule has 17 heteroatoms. The number of hydrogen-bond acceptors (Lipinski definition) is 11. The zero-order valence-electron chi connectivity index (χ0n) is 28.4. The second-order valence-corrected chi connectivity index (χ2v) is 13.9. The molecule has 4 N–H and O–H groups in total. The smallest absolute Gasteiger partial charge is 0.806 e. The van der Waals surface area contributed by atoms with Crippen LogP contribution in [0.2, 0.25) is 0 Å². The molecule has 2 aromatic carbocycles. The average molecular weight is 716 g/mol. The van der Waals surface area contributed by atoms with Gasteiger partial charge in [-0.25, -0.2) is 5.43 Å². The summed E-state index contributed by atoms with van der Waals surface area (Å²) < 4.78 is 22.0. The van der Waals surface area contributed by atoms with Crippen LogP contribution in [-0.2, 0) is 31.7 Å². The summed E-state index contributed by atoms with van der Waals surface area (Å²) in [4.78, 5) is 66.5. The molecule has 2 rings (SSSR count). The number of esters is 1. The zero-order chi connectivity index (χ0) is 34.0. The summed E-state index contributed by atoms with van der Waals surface area (Å²) in [5, 5.41) is 10.6. The first-order chi connectivity index (χ1) is 21.2. The summed E-state index contributed by atoms with van der Waals surface area (Å²) in [5.74, 6) is -0.0372. The Morgan fingerprint density at radius 1 is 1.13 bits per heavy atom. The molecule has 0 fully saturated rings. The van der Waals surface area contributed by atoms with Crippen LogP contribution >= 0.6 is 16.0 Å². The van der Waals surface area contributed by atoms with Crippen molar-refractivity contribution in [2.24, 2.45) is 11.0 Å². The van der Waals surface area contributed by atoms with Gasteiger partial charge < -0.3 is 43.6 Å². The Hall–Kier alpha value is -0.730. The van der Waals surface area contributed by atoms with Gasteiger partial charge in [0.1, 0.15) is 5.75 Å². The molecular weight excluding hydrogens is 670 g/mol. The Labute approximate surface area is 323 Å².